The standard InChI is InChI=1S/C38H38F2N2O9/c1-22(43)49-33-21-47-37(36(51-24(3)45)35(33)50-23(2)44)42-32-18-28(40)15-16-30(32)31(34(42)26-11-13-27(39)14-12-26)19-29-10-7-17-41(29)38(46)48-20-25-8-5-4-6-9-25/h4-6,8-9,11-16,18,29,33,35-37H,7,10,17,19-21H2,1-3H3/t29-,33+,35-,36+,37+/m0/s1. The molecule has 51 heavy (non-hydrogen) atoms. The van der Waals surface area contributed by atoms with Crippen LogP contribution in [0.5, 0.6) is 0 Å². The average molecular weight is 705 g/mol. The molecule has 2 aliphatic rings. The van der Waals surface area contributed by atoms with E-state index in [9.17, 15) is 23.6 Å². The van der Waals surface area contributed by atoms with E-state index in [0.29, 0.717) is 47.1 Å². The van der Waals surface area contributed by atoms with Gasteiger partial charge in [0.15, 0.2) is 24.5 Å². The number of likely N-dealkylation sites (tertiary alicyclic amines) is 1. The summed E-state index contributed by atoms with van der Waals surface area (Å²) < 4.78 is 59.9. The molecule has 0 saturated carbocycles. The van der Waals surface area contributed by atoms with Gasteiger partial charge < -0.3 is 33.2 Å². The molecule has 0 N–H and O–H groups in total. The SMILES string of the molecule is CC(=O)O[C@@H]1[C@@H](OC(C)=O)[C@H](OC(C)=O)CO[C@H]1n1c(-c2ccc(F)cc2)c(C[C@@H]2CCCN2C(=O)OCc2ccccc2)c2ccc(F)cc21. The Balaban J connectivity index is 1.47. The van der Waals surface area contributed by atoms with Gasteiger partial charge in [-0.3, -0.25) is 14.4 Å². The lowest BCUT2D eigenvalue weighted by molar-refractivity contribution is -0.238. The van der Waals surface area contributed by atoms with Gasteiger partial charge in [-0.05, 0) is 78.4 Å². The number of aromatic nitrogens is 1. The minimum absolute atomic E-state index is 0.108. The maximum atomic E-state index is 15.2. The summed E-state index contributed by atoms with van der Waals surface area (Å²) in [5.74, 6) is -3.19. The Hall–Kier alpha value is -5.30. The molecular formula is C38H38F2N2O9. The van der Waals surface area contributed by atoms with Crippen molar-refractivity contribution in [3.8, 4) is 11.3 Å². The molecule has 268 valence electrons. The number of amides is 1. The molecule has 1 aromatic heterocycles. The predicted molar refractivity (Wildman–Crippen MR) is 179 cm³/mol. The van der Waals surface area contributed by atoms with Crippen molar-refractivity contribution in [3.63, 3.8) is 0 Å². The average Bonchev–Trinajstić information content (AvgIpc) is 3.68. The van der Waals surface area contributed by atoms with Gasteiger partial charge in [-0.2, -0.15) is 0 Å². The smallest absolute Gasteiger partial charge is 0.410 e. The second-order valence-corrected chi connectivity index (χ2v) is 12.6. The third-order valence-corrected chi connectivity index (χ3v) is 9.02. The minimum atomic E-state index is -1.37. The fourth-order valence-electron chi connectivity index (χ4n) is 7.01. The molecule has 0 radical (unpaired) electrons. The first-order valence-corrected chi connectivity index (χ1v) is 16.7. The van der Waals surface area contributed by atoms with Crippen LogP contribution in [0.2, 0.25) is 0 Å². The molecule has 6 rings (SSSR count). The zero-order valence-electron chi connectivity index (χ0n) is 28.4. The normalized spacial score (nSPS) is 21.7. The van der Waals surface area contributed by atoms with Crippen LogP contribution in [0.25, 0.3) is 22.2 Å². The van der Waals surface area contributed by atoms with Gasteiger partial charge in [-0.1, -0.05) is 30.3 Å². The van der Waals surface area contributed by atoms with Gasteiger partial charge in [0.1, 0.15) is 18.2 Å². The molecule has 2 fully saturated rings. The number of carbonyl (C=O) groups excluding carboxylic acids is 4. The largest absolute Gasteiger partial charge is 0.456 e. The van der Waals surface area contributed by atoms with Gasteiger partial charge >= 0.3 is 24.0 Å². The molecule has 3 aromatic carbocycles. The fourth-order valence-corrected chi connectivity index (χ4v) is 7.01. The number of hydrogen-bond donors (Lipinski definition) is 0. The summed E-state index contributed by atoms with van der Waals surface area (Å²) in [4.78, 5) is 52.0. The number of esters is 3. The number of hydrogen-bond acceptors (Lipinski definition) is 9. The van der Waals surface area contributed by atoms with E-state index in [1.54, 1.807) is 27.7 Å². The molecule has 5 atom stereocenters. The van der Waals surface area contributed by atoms with Crippen molar-refractivity contribution in [1.29, 1.82) is 0 Å². The highest BCUT2D eigenvalue weighted by Gasteiger charge is 2.49. The van der Waals surface area contributed by atoms with E-state index in [2.05, 4.69) is 0 Å². The Morgan fingerprint density at radius 1 is 0.824 bits per heavy atom. The second-order valence-electron chi connectivity index (χ2n) is 12.6. The fraction of sp³-hybridized carbons (Fsp3) is 0.368. The highest BCUT2D eigenvalue weighted by Crippen LogP contribution is 2.43. The van der Waals surface area contributed by atoms with Crippen LogP contribution in [0, 0.1) is 11.6 Å². The van der Waals surface area contributed by atoms with Crippen LogP contribution in [-0.4, -0.2) is 71.0 Å². The molecule has 1 amide bonds. The highest BCUT2D eigenvalue weighted by molar-refractivity contribution is 5.92. The molecule has 3 heterocycles. The Morgan fingerprint density at radius 3 is 2.18 bits per heavy atom. The molecule has 13 heteroatoms. The Labute approximate surface area is 293 Å². The summed E-state index contributed by atoms with van der Waals surface area (Å²) in [5.41, 5.74) is 2.89. The van der Waals surface area contributed by atoms with Crippen LogP contribution in [0.3, 0.4) is 0 Å². The first kappa shape index (κ1) is 35.5. The zero-order valence-corrected chi connectivity index (χ0v) is 28.4. The summed E-state index contributed by atoms with van der Waals surface area (Å²) >= 11 is 0. The number of nitrogens with zero attached hydrogens (tertiary/aromatic N) is 2. The third-order valence-electron chi connectivity index (χ3n) is 9.02. The quantitative estimate of drug-likeness (QED) is 0.147. The van der Waals surface area contributed by atoms with Gasteiger partial charge in [0, 0.05) is 38.7 Å². The lowest BCUT2D eigenvalue weighted by Gasteiger charge is -2.41. The van der Waals surface area contributed by atoms with Crippen molar-refractivity contribution in [2.75, 3.05) is 13.2 Å². The van der Waals surface area contributed by atoms with Crippen LogP contribution in [0.1, 0.15) is 51.0 Å². The van der Waals surface area contributed by atoms with E-state index in [1.165, 1.54) is 45.0 Å². The predicted octanol–water partition coefficient (Wildman–Crippen LogP) is 6.25. The molecule has 0 bridgehead atoms. The van der Waals surface area contributed by atoms with Gasteiger partial charge in [-0.25, -0.2) is 13.6 Å². The van der Waals surface area contributed by atoms with E-state index in [0.717, 1.165) is 12.0 Å². The molecule has 0 unspecified atom stereocenters. The van der Waals surface area contributed by atoms with E-state index >= 15 is 4.39 Å². The van der Waals surface area contributed by atoms with E-state index < -0.39 is 60.2 Å². The lowest BCUT2D eigenvalue weighted by atomic mass is 9.97. The lowest BCUT2D eigenvalue weighted by Crippen LogP contribution is -2.55. The summed E-state index contributed by atoms with van der Waals surface area (Å²) in [7, 11) is 0. The summed E-state index contributed by atoms with van der Waals surface area (Å²) in [6, 6.07) is 19.0. The Kier molecular flexibility index (Phi) is 10.7. The number of ether oxygens (including phenoxy) is 5. The van der Waals surface area contributed by atoms with Crippen molar-refractivity contribution >= 4 is 34.9 Å². The number of benzene rings is 3. The van der Waals surface area contributed by atoms with Gasteiger partial charge in [0.05, 0.1) is 17.8 Å². The van der Waals surface area contributed by atoms with Crippen molar-refractivity contribution in [2.24, 2.45) is 0 Å². The molecular weight excluding hydrogens is 666 g/mol. The maximum absolute atomic E-state index is 15.2. The van der Waals surface area contributed by atoms with Crippen LogP contribution in [0.15, 0.2) is 72.8 Å². The third kappa shape index (κ3) is 7.88. The second kappa shape index (κ2) is 15.3. The summed E-state index contributed by atoms with van der Waals surface area (Å²) in [6.45, 7) is 3.83. The topological polar surface area (TPSA) is 123 Å². The van der Waals surface area contributed by atoms with Gasteiger partial charge in [-0.15, -0.1) is 0 Å². The number of halogens is 2. The monoisotopic (exact) mass is 704 g/mol. The van der Waals surface area contributed by atoms with Crippen molar-refractivity contribution < 1.29 is 51.6 Å². The van der Waals surface area contributed by atoms with Crippen molar-refractivity contribution in [3.05, 3.63) is 95.6 Å². The van der Waals surface area contributed by atoms with Crippen LogP contribution < -0.4 is 0 Å². The number of carbonyl (C=O) groups is 4. The Morgan fingerprint density at radius 2 is 1.49 bits per heavy atom. The molecule has 2 saturated heterocycles. The summed E-state index contributed by atoms with van der Waals surface area (Å²) in [6.07, 6.45) is -3.81. The number of rotatable bonds is 9. The maximum Gasteiger partial charge on any atom is 0.410 e. The first-order chi connectivity index (χ1) is 24.5. The molecule has 4 aromatic rings. The van der Waals surface area contributed by atoms with Crippen molar-refractivity contribution in [2.45, 2.75) is 77.2 Å². The molecule has 0 spiro atoms. The van der Waals surface area contributed by atoms with Crippen LogP contribution in [-0.2, 0) is 51.1 Å². The van der Waals surface area contributed by atoms with Gasteiger partial charge in [0.2, 0.25) is 0 Å². The van der Waals surface area contributed by atoms with E-state index in [-0.39, 0.29) is 19.3 Å². The van der Waals surface area contributed by atoms with E-state index in [1.807, 2.05) is 30.3 Å². The highest BCUT2D eigenvalue weighted by atomic mass is 19.1. The molecule has 11 nitrogen and oxygen atoms in total. The minimum Gasteiger partial charge on any atom is -0.456 e. The van der Waals surface area contributed by atoms with Crippen molar-refractivity contribution in [1.82, 2.24) is 9.47 Å². The summed E-state index contributed by atoms with van der Waals surface area (Å²) in [5, 5.41) is 0.608. The van der Waals surface area contributed by atoms with E-state index in [4.69, 9.17) is 23.7 Å². The molecule has 2 aliphatic heterocycles. The Bertz CT molecular complexity index is 1910. The number of fused-ring (bicyclic) bond motifs is 1. The van der Waals surface area contributed by atoms with Crippen LogP contribution in [0.4, 0.5) is 13.6 Å². The zero-order chi connectivity index (χ0) is 36.2. The first-order valence-electron chi connectivity index (χ1n) is 16.7. The van der Waals surface area contributed by atoms with Gasteiger partial charge in [0.25, 0.3) is 0 Å². The van der Waals surface area contributed by atoms with Crippen LogP contribution >= 0.6 is 0 Å². The molecule has 0 aliphatic carbocycles.